The molecule has 0 saturated heterocycles. The van der Waals surface area contributed by atoms with Gasteiger partial charge in [0.05, 0.1) is 0 Å². The molecule has 0 fully saturated rings. The molecule has 0 aliphatic heterocycles. The molecule has 0 aromatic rings. The molecule has 0 rings (SSSR count). The van der Waals surface area contributed by atoms with Crippen LogP contribution < -0.4 is 0 Å². The van der Waals surface area contributed by atoms with Gasteiger partial charge >= 0.3 is 30.4 Å². The molecule has 5 heteroatoms. The predicted octanol–water partition coefficient (Wildman–Crippen LogP) is -1.99. The Hall–Kier alpha value is 1.77. The largest absolute Gasteiger partial charge is 0 e. The molecule has 0 bridgehead atoms. The van der Waals surface area contributed by atoms with Crippen LogP contribution in [-0.4, -0.2) is 65.0 Å². The van der Waals surface area contributed by atoms with E-state index < -0.39 is 20.4 Å². The fourth-order valence-electron chi connectivity index (χ4n) is 0. The minimum absolute atomic E-state index is 0. The Labute approximate surface area is 67.1 Å². The first-order chi connectivity index (χ1) is 1.73. The Bertz CT molecular complexity index is 29.9. The van der Waals surface area contributed by atoms with Gasteiger partial charge in [0, 0.05) is 37.7 Å². The van der Waals surface area contributed by atoms with Gasteiger partial charge in [0.15, 0.2) is 0 Å². The molecule has 0 aromatic carbocycles. The SMILES string of the molecule is O=[Te](O)O.[Ca]. The summed E-state index contributed by atoms with van der Waals surface area (Å²) in [4.78, 5) is 0. The van der Waals surface area contributed by atoms with Gasteiger partial charge in [-0.25, -0.2) is 0 Å². The second-order valence-electron chi connectivity index (χ2n) is 0.231. The molecule has 0 saturated carbocycles. The van der Waals surface area contributed by atoms with Crippen LogP contribution >= 0.6 is 0 Å². The van der Waals surface area contributed by atoms with E-state index in [4.69, 9.17) is 10.0 Å². The molecule has 0 aliphatic rings. The van der Waals surface area contributed by atoms with E-state index in [0.717, 1.165) is 0 Å². The molecule has 2 radical (unpaired) electrons. The Morgan fingerprint density at radius 3 is 1.40 bits per heavy atom. The van der Waals surface area contributed by atoms with Crippen LogP contribution in [0.15, 0.2) is 0 Å². The number of rotatable bonds is 0. The van der Waals surface area contributed by atoms with E-state index in [9.17, 15) is 0 Å². The van der Waals surface area contributed by atoms with E-state index in [-0.39, 0.29) is 37.7 Å². The van der Waals surface area contributed by atoms with Crippen molar-refractivity contribution >= 4 is 58.1 Å². The molecule has 2 N–H and O–H groups in total. The van der Waals surface area contributed by atoms with Crippen LogP contribution in [0.25, 0.3) is 0 Å². The summed E-state index contributed by atoms with van der Waals surface area (Å²) < 4.78 is 23.3. The molecule has 28 valence electrons. The molecule has 0 aromatic heterocycles. The van der Waals surface area contributed by atoms with Gasteiger partial charge in [-0.05, 0) is 0 Å². The van der Waals surface area contributed by atoms with Gasteiger partial charge in [-0.3, -0.25) is 0 Å². The third-order valence-electron chi connectivity index (χ3n) is 0. The summed E-state index contributed by atoms with van der Waals surface area (Å²) in [7, 11) is 0. The quantitative estimate of drug-likeness (QED) is 0.462. The van der Waals surface area contributed by atoms with Crippen LogP contribution in [0.3, 0.4) is 0 Å². The predicted molar refractivity (Wildman–Crippen MR) is 16.6 cm³/mol. The van der Waals surface area contributed by atoms with Crippen LogP contribution in [0.4, 0.5) is 0 Å². The summed E-state index contributed by atoms with van der Waals surface area (Å²) in [5, 5.41) is 0. The summed E-state index contributed by atoms with van der Waals surface area (Å²) in [5.41, 5.74) is 0. The Morgan fingerprint density at radius 1 is 1.40 bits per heavy atom. The minimum Gasteiger partial charge on any atom is 0 e. The zero-order valence-electron chi connectivity index (χ0n) is 2.42. The van der Waals surface area contributed by atoms with Gasteiger partial charge in [-0.15, -0.1) is 0 Å². The van der Waals surface area contributed by atoms with Crippen LogP contribution in [-0.2, 0) is 3.10 Å². The monoisotopic (exact) mass is 220 g/mol. The van der Waals surface area contributed by atoms with Gasteiger partial charge in [0.2, 0.25) is 0 Å². The second-order valence-corrected chi connectivity index (χ2v) is 1.55. The summed E-state index contributed by atoms with van der Waals surface area (Å²) in [6.45, 7) is 0. The topological polar surface area (TPSA) is 57.5 Å². The average Bonchev–Trinajstić information content (AvgIpc) is 0.811. The molecule has 0 amide bonds. The minimum atomic E-state index is -3.61. The van der Waals surface area contributed by atoms with E-state index in [1.165, 1.54) is 0 Å². The molecule has 3 nitrogen and oxygen atoms in total. The van der Waals surface area contributed by atoms with Crippen molar-refractivity contribution in [1.29, 1.82) is 0 Å². The van der Waals surface area contributed by atoms with Crippen molar-refractivity contribution in [2.24, 2.45) is 0 Å². The van der Waals surface area contributed by atoms with Gasteiger partial charge in [0.1, 0.15) is 0 Å². The molecule has 0 heterocycles. The maximum atomic E-state index is 8.81. The number of hydrogen-bond acceptors (Lipinski definition) is 1. The summed E-state index contributed by atoms with van der Waals surface area (Å²) >= 11 is -3.61. The maximum absolute atomic E-state index is 8.81. The summed E-state index contributed by atoms with van der Waals surface area (Å²) in [6, 6.07) is 0. The number of hydrogen-bond donors (Lipinski definition) is 2. The van der Waals surface area contributed by atoms with Crippen LogP contribution in [0.2, 0.25) is 0 Å². The fourth-order valence-corrected chi connectivity index (χ4v) is 0. The molecule has 0 aliphatic carbocycles. The Kier molecular flexibility index (Phi) is 11.4. The average molecular weight is 218 g/mol. The van der Waals surface area contributed by atoms with Crippen molar-refractivity contribution in [3.63, 3.8) is 0 Å². The third-order valence-corrected chi connectivity index (χ3v) is 0. The van der Waals surface area contributed by atoms with Crippen molar-refractivity contribution in [3.8, 4) is 0 Å². The zero-order valence-corrected chi connectivity index (χ0v) is 6.96. The third kappa shape index (κ3) is 26.2. The standard InChI is InChI=1S/Ca.H2O3Te/c;1-4(2)3/h;(H2,1,2,3). The first kappa shape index (κ1) is 9.91. The molecular formula is H2CaO3Te. The maximum Gasteiger partial charge on any atom is 0 e. The van der Waals surface area contributed by atoms with Crippen molar-refractivity contribution in [1.82, 2.24) is 0 Å². The zero-order chi connectivity index (χ0) is 3.58. The normalized spacial score (nSPS) is 7.00. The van der Waals surface area contributed by atoms with E-state index in [0.29, 0.717) is 0 Å². The molecule has 0 unspecified atom stereocenters. The first-order valence-corrected chi connectivity index (χ1v) is 3.57. The Balaban J connectivity index is 0. The van der Waals surface area contributed by atoms with E-state index in [2.05, 4.69) is 0 Å². The van der Waals surface area contributed by atoms with Gasteiger partial charge in [-0.2, -0.15) is 0 Å². The van der Waals surface area contributed by atoms with E-state index >= 15 is 0 Å². The van der Waals surface area contributed by atoms with Crippen LogP contribution in [0.1, 0.15) is 0 Å². The van der Waals surface area contributed by atoms with E-state index in [1.54, 1.807) is 0 Å². The second kappa shape index (κ2) is 5.77. The van der Waals surface area contributed by atoms with Crippen molar-refractivity contribution < 1.29 is 10.0 Å². The molecular weight excluding hydrogens is 216 g/mol. The van der Waals surface area contributed by atoms with Crippen molar-refractivity contribution in [2.45, 2.75) is 0 Å². The summed E-state index contributed by atoms with van der Waals surface area (Å²) in [6.07, 6.45) is 0. The Morgan fingerprint density at radius 2 is 1.40 bits per heavy atom. The molecule has 0 spiro atoms. The van der Waals surface area contributed by atoms with Crippen molar-refractivity contribution in [3.05, 3.63) is 0 Å². The molecule has 0 atom stereocenters. The molecule has 5 heavy (non-hydrogen) atoms. The fraction of sp³-hybridized carbons (Fsp3) is 0. The summed E-state index contributed by atoms with van der Waals surface area (Å²) in [5.74, 6) is 0. The van der Waals surface area contributed by atoms with Crippen molar-refractivity contribution in [2.75, 3.05) is 0 Å². The smallest absolute Gasteiger partial charge is 0 e. The first-order valence-electron chi connectivity index (χ1n) is 0.532. The van der Waals surface area contributed by atoms with Gasteiger partial charge < -0.3 is 0 Å². The van der Waals surface area contributed by atoms with Crippen LogP contribution in [0.5, 0.6) is 0 Å². The van der Waals surface area contributed by atoms with E-state index in [1.807, 2.05) is 0 Å². The van der Waals surface area contributed by atoms with Crippen LogP contribution in [0, 0.1) is 0 Å². The van der Waals surface area contributed by atoms with Gasteiger partial charge in [0.25, 0.3) is 0 Å². The van der Waals surface area contributed by atoms with Gasteiger partial charge in [-0.1, -0.05) is 0 Å².